The summed E-state index contributed by atoms with van der Waals surface area (Å²) in [6, 6.07) is 1.92. The van der Waals surface area contributed by atoms with Gasteiger partial charge in [0.25, 0.3) is 0 Å². The number of anilines is 1. The third-order valence-electron chi connectivity index (χ3n) is 4.81. The number of aliphatic hydroxyl groups excluding tert-OH is 1. The minimum Gasteiger partial charge on any atom is -0.393 e. The zero-order valence-electron chi connectivity index (χ0n) is 14.2. The molecule has 0 aromatic carbocycles. The zero-order valence-corrected chi connectivity index (χ0v) is 14.2. The van der Waals surface area contributed by atoms with Crippen LogP contribution < -0.4 is 4.90 Å². The van der Waals surface area contributed by atoms with Crippen LogP contribution in [0.15, 0.2) is 12.3 Å². The number of ether oxygens (including phenoxy) is 1. The van der Waals surface area contributed by atoms with Crippen LogP contribution in [-0.2, 0) is 16.0 Å². The molecule has 3 rings (SSSR count). The standard InChI is InChI=1S/C17H26N4O3/c1-24-9-8-21-12-13(11-17(21)23)10-15-18-5-2-16(19-15)20-6-3-14(22)4-7-20/h2,5,13-14,22H,3-4,6-12H2,1H3/t13-/m1/s1. The Labute approximate surface area is 142 Å². The number of piperidine rings is 1. The Balaban J connectivity index is 1.58. The van der Waals surface area contributed by atoms with Gasteiger partial charge in [0.1, 0.15) is 11.6 Å². The normalized spacial score (nSPS) is 22.4. The number of likely N-dealkylation sites (tertiary alicyclic amines) is 1. The van der Waals surface area contributed by atoms with Gasteiger partial charge < -0.3 is 19.6 Å². The maximum absolute atomic E-state index is 12.0. The van der Waals surface area contributed by atoms with Gasteiger partial charge in [-0.1, -0.05) is 0 Å². The van der Waals surface area contributed by atoms with E-state index < -0.39 is 0 Å². The van der Waals surface area contributed by atoms with E-state index in [2.05, 4.69) is 14.9 Å². The minimum absolute atomic E-state index is 0.190. The summed E-state index contributed by atoms with van der Waals surface area (Å²) in [5.74, 6) is 2.18. The van der Waals surface area contributed by atoms with E-state index in [1.165, 1.54) is 0 Å². The Morgan fingerprint density at radius 1 is 1.38 bits per heavy atom. The fourth-order valence-corrected chi connectivity index (χ4v) is 3.42. The van der Waals surface area contributed by atoms with Crippen LogP contribution in [0.1, 0.15) is 25.1 Å². The van der Waals surface area contributed by atoms with Crippen molar-refractivity contribution in [2.75, 3.05) is 44.8 Å². The van der Waals surface area contributed by atoms with E-state index in [9.17, 15) is 9.90 Å². The molecule has 2 aliphatic rings. The number of aliphatic hydroxyl groups is 1. The van der Waals surface area contributed by atoms with Gasteiger partial charge in [0.2, 0.25) is 5.91 Å². The number of methoxy groups -OCH3 is 1. The number of rotatable bonds is 6. The summed E-state index contributed by atoms with van der Waals surface area (Å²) in [6.07, 6.45) is 4.45. The largest absolute Gasteiger partial charge is 0.393 e. The van der Waals surface area contributed by atoms with Gasteiger partial charge >= 0.3 is 0 Å². The molecule has 7 heteroatoms. The van der Waals surface area contributed by atoms with E-state index in [1.807, 2.05) is 11.0 Å². The van der Waals surface area contributed by atoms with Crippen LogP contribution in [0, 0.1) is 5.92 Å². The lowest BCUT2D eigenvalue weighted by Gasteiger charge is -2.30. The average molecular weight is 334 g/mol. The average Bonchev–Trinajstić information content (AvgIpc) is 2.93. The van der Waals surface area contributed by atoms with E-state index >= 15 is 0 Å². The first-order valence-electron chi connectivity index (χ1n) is 8.67. The van der Waals surface area contributed by atoms with Crippen molar-refractivity contribution < 1.29 is 14.6 Å². The molecule has 1 aromatic rings. The Morgan fingerprint density at radius 3 is 2.92 bits per heavy atom. The van der Waals surface area contributed by atoms with Crippen molar-refractivity contribution in [2.45, 2.75) is 31.8 Å². The predicted molar refractivity (Wildman–Crippen MR) is 89.8 cm³/mol. The topological polar surface area (TPSA) is 78.8 Å². The van der Waals surface area contributed by atoms with Gasteiger partial charge in [-0.15, -0.1) is 0 Å². The van der Waals surface area contributed by atoms with Gasteiger partial charge in [-0.25, -0.2) is 9.97 Å². The molecule has 132 valence electrons. The minimum atomic E-state index is -0.190. The van der Waals surface area contributed by atoms with Gasteiger partial charge in [0, 0.05) is 52.3 Å². The maximum Gasteiger partial charge on any atom is 0.223 e. The number of hydrogen-bond acceptors (Lipinski definition) is 6. The van der Waals surface area contributed by atoms with Gasteiger partial charge in [-0.3, -0.25) is 4.79 Å². The molecule has 1 atom stereocenters. The Bertz CT molecular complexity index is 561. The number of aromatic nitrogens is 2. The third-order valence-corrected chi connectivity index (χ3v) is 4.81. The monoisotopic (exact) mass is 334 g/mol. The highest BCUT2D eigenvalue weighted by molar-refractivity contribution is 5.78. The van der Waals surface area contributed by atoms with E-state index in [4.69, 9.17) is 4.74 Å². The van der Waals surface area contributed by atoms with E-state index in [-0.39, 0.29) is 17.9 Å². The second-order valence-corrected chi connectivity index (χ2v) is 6.66. The molecular formula is C17H26N4O3. The lowest BCUT2D eigenvalue weighted by Crippen LogP contribution is -2.36. The number of amides is 1. The molecule has 1 amide bonds. The lowest BCUT2D eigenvalue weighted by atomic mass is 10.0. The highest BCUT2D eigenvalue weighted by Crippen LogP contribution is 2.22. The first kappa shape index (κ1) is 17.1. The summed E-state index contributed by atoms with van der Waals surface area (Å²) in [5.41, 5.74) is 0. The molecule has 1 N–H and O–H groups in total. The van der Waals surface area contributed by atoms with Crippen molar-refractivity contribution in [2.24, 2.45) is 5.92 Å². The fraction of sp³-hybridized carbons (Fsp3) is 0.706. The van der Waals surface area contributed by atoms with Crippen molar-refractivity contribution in [3.8, 4) is 0 Å². The highest BCUT2D eigenvalue weighted by atomic mass is 16.5. The van der Waals surface area contributed by atoms with Crippen LogP contribution in [0.5, 0.6) is 0 Å². The molecule has 2 aliphatic heterocycles. The smallest absolute Gasteiger partial charge is 0.223 e. The van der Waals surface area contributed by atoms with Crippen molar-refractivity contribution >= 4 is 11.7 Å². The Kier molecular flexibility index (Phi) is 5.63. The fourth-order valence-electron chi connectivity index (χ4n) is 3.42. The molecule has 3 heterocycles. The van der Waals surface area contributed by atoms with Crippen molar-refractivity contribution in [1.82, 2.24) is 14.9 Å². The molecule has 0 radical (unpaired) electrons. The molecule has 7 nitrogen and oxygen atoms in total. The molecule has 0 spiro atoms. The predicted octanol–water partition coefficient (Wildman–Crippen LogP) is 0.475. The number of carbonyl (C=O) groups excluding carboxylic acids is 1. The quantitative estimate of drug-likeness (QED) is 0.815. The number of carbonyl (C=O) groups is 1. The van der Waals surface area contributed by atoms with Gasteiger partial charge in [0.15, 0.2) is 0 Å². The van der Waals surface area contributed by atoms with E-state index in [1.54, 1.807) is 13.3 Å². The van der Waals surface area contributed by atoms with Gasteiger partial charge in [0.05, 0.1) is 12.7 Å². The molecule has 1 aromatic heterocycles. The van der Waals surface area contributed by atoms with Gasteiger partial charge in [-0.2, -0.15) is 0 Å². The van der Waals surface area contributed by atoms with Crippen molar-refractivity contribution in [1.29, 1.82) is 0 Å². The molecule has 0 saturated carbocycles. The molecule has 0 aliphatic carbocycles. The molecule has 2 saturated heterocycles. The van der Waals surface area contributed by atoms with Crippen LogP contribution in [0.4, 0.5) is 5.82 Å². The Morgan fingerprint density at radius 2 is 2.17 bits per heavy atom. The molecule has 24 heavy (non-hydrogen) atoms. The molecule has 0 bridgehead atoms. The first-order chi connectivity index (χ1) is 11.7. The SMILES string of the molecule is COCCN1C[C@H](Cc2nccc(N3CCC(O)CC3)n2)CC1=O. The van der Waals surface area contributed by atoms with Crippen LogP contribution in [0.25, 0.3) is 0 Å². The third kappa shape index (κ3) is 4.21. The lowest BCUT2D eigenvalue weighted by molar-refractivity contribution is -0.128. The maximum atomic E-state index is 12.0. The summed E-state index contributed by atoms with van der Waals surface area (Å²) < 4.78 is 5.05. The second kappa shape index (κ2) is 7.90. The van der Waals surface area contributed by atoms with E-state index in [0.717, 1.165) is 50.5 Å². The summed E-state index contributed by atoms with van der Waals surface area (Å²) in [7, 11) is 1.65. The molecular weight excluding hydrogens is 308 g/mol. The first-order valence-corrected chi connectivity index (χ1v) is 8.67. The van der Waals surface area contributed by atoms with Crippen molar-refractivity contribution in [3.05, 3.63) is 18.1 Å². The zero-order chi connectivity index (χ0) is 16.9. The summed E-state index contributed by atoms with van der Waals surface area (Å²) in [6.45, 7) is 3.63. The summed E-state index contributed by atoms with van der Waals surface area (Å²) in [4.78, 5) is 25.1. The summed E-state index contributed by atoms with van der Waals surface area (Å²) >= 11 is 0. The van der Waals surface area contributed by atoms with Crippen molar-refractivity contribution in [3.63, 3.8) is 0 Å². The second-order valence-electron chi connectivity index (χ2n) is 6.66. The van der Waals surface area contributed by atoms with E-state index in [0.29, 0.717) is 19.6 Å². The van der Waals surface area contributed by atoms with Gasteiger partial charge in [-0.05, 0) is 24.8 Å². The Hall–Kier alpha value is -1.73. The highest BCUT2D eigenvalue weighted by Gasteiger charge is 2.30. The van der Waals surface area contributed by atoms with Crippen LogP contribution in [0.3, 0.4) is 0 Å². The van der Waals surface area contributed by atoms with Crippen LogP contribution in [0.2, 0.25) is 0 Å². The molecule has 2 fully saturated rings. The summed E-state index contributed by atoms with van der Waals surface area (Å²) in [5, 5.41) is 9.62. The molecule has 0 unspecified atom stereocenters. The number of nitrogens with zero attached hydrogens (tertiary/aromatic N) is 4. The number of hydrogen-bond donors (Lipinski definition) is 1. The van der Waals surface area contributed by atoms with Crippen LogP contribution >= 0.6 is 0 Å². The van der Waals surface area contributed by atoms with Crippen LogP contribution in [-0.4, -0.2) is 71.9 Å².